The van der Waals surface area contributed by atoms with Gasteiger partial charge >= 0.3 is 0 Å². The van der Waals surface area contributed by atoms with E-state index in [1.807, 2.05) is 78.9 Å². The second kappa shape index (κ2) is 11.4. The monoisotopic (exact) mass is 635 g/mol. The molecule has 2 aromatic heterocycles. The van der Waals surface area contributed by atoms with Crippen molar-refractivity contribution in [1.29, 1.82) is 15.8 Å². The summed E-state index contributed by atoms with van der Waals surface area (Å²) in [5, 5.41) is 33.9. The lowest BCUT2D eigenvalue weighted by Crippen LogP contribution is -1.97. The smallest absolute Gasteiger partial charge is 0.0998 e. The van der Waals surface area contributed by atoms with E-state index < -0.39 is 0 Å². The molecule has 0 atom stereocenters. The maximum atomic E-state index is 10.4. The number of fused-ring (bicyclic) bond motifs is 6. The van der Waals surface area contributed by atoms with Gasteiger partial charge in [-0.25, -0.2) is 0 Å². The van der Waals surface area contributed by atoms with Crippen molar-refractivity contribution in [3.63, 3.8) is 0 Å². The van der Waals surface area contributed by atoms with Gasteiger partial charge in [-0.2, -0.15) is 15.8 Å². The molecule has 0 radical (unpaired) electrons. The Labute approximate surface area is 287 Å². The molecule has 0 bridgehead atoms. The highest BCUT2D eigenvalue weighted by atomic mass is 15.0. The van der Waals surface area contributed by atoms with Gasteiger partial charge in [0.25, 0.3) is 0 Å². The highest BCUT2D eigenvalue weighted by molar-refractivity contribution is 6.12. The molecule has 5 nitrogen and oxygen atoms in total. The van der Waals surface area contributed by atoms with Crippen LogP contribution in [-0.2, 0) is 0 Å². The number of nitriles is 3. The van der Waals surface area contributed by atoms with Gasteiger partial charge in [0.15, 0.2) is 0 Å². The zero-order valence-electron chi connectivity index (χ0n) is 26.7. The van der Waals surface area contributed by atoms with Crippen LogP contribution in [0.3, 0.4) is 0 Å². The molecular formula is C45H25N5. The van der Waals surface area contributed by atoms with E-state index in [0.717, 1.165) is 77.2 Å². The molecule has 0 aliphatic heterocycles. The summed E-state index contributed by atoms with van der Waals surface area (Å²) in [5.41, 5.74) is 11.7. The first-order valence-corrected chi connectivity index (χ1v) is 16.3. The van der Waals surface area contributed by atoms with E-state index in [0.29, 0.717) is 16.7 Å². The second-order valence-electron chi connectivity index (χ2n) is 12.3. The Bertz CT molecular complexity index is 2960. The van der Waals surface area contributed by atoms with E-state index in [1.54, 1.807) is 0 Å². The molecule has 230 valence electrons. The molecule has 0 saturated carbocycles. The molecule has 0 aliphatic rings. The zero-order chi connectivity index (χ0) is 33.8. The van der Waals surface area contributed by atoms with Crippen molar-refractivity contribution in [2.24, 2.45) is 0 Å². The minimum absolute atomic E-state index is 0.578. The molecule has 7 aromatic carbocycles. The maximum Gasteiger partial charge on any atom is 0.0998 e. The first-order valence-electron chi connectivity index (χ1n) is 16.3. The molecule has 0 fully saturated rings. The number of para-hydroxylation sites is 3. The Balaban J connectivity index is 1.14. The van der Waals surface area contributed by atoms with E-state index >= 15 is 0 Å². The summed E-state index contributed by atoms with van der Waals surface area (Å²) in [5.74, 6) is 0. The quantitative estimate of drug-likeness (QED) is 0.193. The molecule has 0 spiro atoms. The van der Waals surface area contributed by atoms with E-state index in [4.69, 9.17) is 0 Å². The lowest BCUT2D eigenvalue weighted by atomic mass is 9.96. The van der Waals surface area contributed by atoms with Crippen LogP contribution in [-0.4, -0.2) is 9.13 Å². The highest BCUT2D eigenvalue weighted by Gasteiger charge is 2.18. The zero-order valence-corrected chi connectivity index (χ0v) is 26.7. The first-order chi connectivity index (χ1) is 24.7. The van der Waals surface area contributed by atoms with Crippen LogP contribution in [0.2, 0.25) is 0 Å². The number of hydrogen-bond acceptors (Lipinski definition) is 3. The van der Waals surface area contributed by atoms with Gasteiger partial charge in [-0.3, -0.25) is 0 Å². The predicted molar refractivity (Wildman–Crippen MR) is 200 cm³/mol. The molecule has 2 heterocycles. The topological polar surface area (TPSA) is 81.2 Å². The number of aromatic nitrogens is 2. The molecule has 0 N–H and O–H groups in total. The van der Waals surface area contributed by atoms with Crippen LogP contribution in [0.15, 0.2) is 152 Å². The number of rotatable bonds is 4. The summed E-state index contributed by atoms with van der Waals surface area (Å²) in [4.78, 5) is 0. The normalized spacial score (nSPS) is 11.1. The summed E-state index contributed by atoms with van der Waals surface area (Å²) in [7, 11) is 0. The fraction of sp³-hybridized carbons (Fsp3) is 0. The van der Waals surface area contributed by atoms with Crippen molar-refractivity contribution in [3.8, 4) is 51.8 Å². The van der Waals surface area contributed by atoms with E-state index in [1.165, 1.54) is 0 Å². The van der Waals surface area contributed by atoms with Crippen molar-refractivity contribution in [1.82, 2.24) is 9.13 Å². The largest absolute Gasteiger partial charge is 0.309 e. The predicted octanol–water partition coefficient (Wildman–Crippen LogP) is 10.8. The Hall–Kier alpha value is -7.39. The van der Waals surface area contributed by atoms with Crippen LogP contribution in [0.5, 0.6) is 0 Å². The van der Waals surface area contributed by atoms with Gasteiger partial charge in [-0.15, -0.1) is 0 Å². The minimum Gasteiger partial charge on any atom is -0.309 e. The highest BCUT2D eigenvalue weighted by Crippen LogP contribution is 2.39. The molecule has 0 aliphatic carbocycles. The molecule has 5 heteroatoms. The Kier molecular flexibility index (Phi) is 6.56. The van der Waals surface area contributed by atoms with Crippen LogP contribution in [0, 0.1) is 34.0 Å². The van der Waals surface area contributed by atoms with Crippen LogP contribution in [0.4, 0.5) is 0 Å². The molecular weight excluding hydrogens is 611 g/mol. The average Bonchev–Trinajstić information content (AvgIpc) is 3.70. The Morgan fingerprint density at radius 3 is 1.80 bits per heavy atom. The number of hydrogen-bond donors (Lipinski definition) is 0. The average molecular weight is 636 g/mol. The van der Waals surface area contributed by atoms with Crippen molar-refractivity contribution in [3.05, 3.63) is 168 Å². The third-order valence-corrected chi connectivity index (χ3v) is 9.65. The minimum atomic E-state index is 0.578. The summed E-state index contributed by atoms with van der Waals surface area (Å²) < 4.78 is 4.40. The maximum absolute atomic E-state index is 10.4. The van der Waals surface area contributed by atoms with Crippen molar-refractivity contribution < 1.29 is 0 Å². The van der Waals surface area contributed by atoms with Crippen LogP contribution >= 0.6 is 0 Å². The first kappa shape index (κ1) is 28.8. The van der Waals surface area contributed by atoms with Gasteiger partial charge in [0.2, 0.25) is 0 Å². The Morgan fingerprint density at radius 1 is 0.400 bits per heavy atom. The van der Waals surface area contributed by atoms with Gasteiger partial charge < -0.3 is 9.13 Å². The lowest BCUT2D eigenvalue weighted by Gasteiger charge is -2.15. The van der Waals surface area contributed by atoms with E-state index in [-0.39, 0.29) is 0 Å². The SMILES string of the molecule is N#Cc1ccc2c(c1)c1ccccc1n2-c1ccc(-c2ccc(-c3ccccc3-n3c4ccccc4c4c(C#N)cccc43)cc2)c(C#N)c1. The molecule has 0 unspecified atom stereocenters. The molecule has 50 heavy (non-hydrogen) atoms. The van der Waals surface area contributed by atoms with Crippen LogP contribution < -0.4 is 0 Å². The third kappa shape index (κ3) is 4.31. The van der Waals surface area contributed by atoms with Crippen LogP contribution in [0.1, 0.15) is 16.7 Å². The van der Waals surface area contributed by atoms with Crippen LogP contribution in [0.25, 0.3) is 77.2 Å². The standard InChI is InChI=1S/C45H25N5/c46-26-29-16-23-43-39(24-29)37-10-2-5-13-41(37)49(43)34-21-22-35(33(25-34)28-48)30-17-19-31(20-18-30)36-9-1-4-12-40(36)50-42-14-6-3-11-38(42)45-32(27-47)8-7-15-44(45)50/h1-25H. The summed E-state index contributed by atoms with van der Waals surface area (Å²) in [6.07, 6.45) is 0. The molecule has 9 rings (SSSR count). The summed E-state index contributed by atoms with van der Waals surface area (Å²) in [6, 6.07) is 57.8. The second-order valence-corrected chi connectivity index (χ2v) is 12.3. The fourth-order valence-electron chi connectivity index (χ4n) is 7.45. The molecule has 9 aromatic rings. The van der Waals surface area contributed by atoms with Gasteiger partial charge in [-0.05, 0) is 77.4 Å². The molecule has 0 saturated heterocycles. The third-order valence-electron chi connectivity index (χ3n) is 9.65. The fourth-order valence-corrected chi connectivity index (χ4v) is 7.45. The van der Waals surface area contributed by atoms with Crippen molar-refractivity contribution in [2.45, 2.75) is 0 Å². The van der Waals surface area contributed by atoms with E-state index in [2.05, 4.69) is 100 Å². The van der Waals surface area contributed by atoms with Crippen molar-refractivity contribution in [2.75, 3.05) is 0 Å². The number of benzene rings is 7. The Morgan fingerprint density at radius 2 is 1.04 bits per heavy atom. The van der Waals surface area contributed by atoms with E-state index in [9.17, 15) is 15.8 Å². The summed E-state index contributed by atoms with van der Waals surface area (Å²) in [6.45, 7) is 0. The lowest BCUT2D eigenvalue weighted by molar-refractivity contribution is 1.18. The molecule has 0 amide bonds. The summed E-state index contributed by atoms with van der Waals surface area (Å²) >= 11 is 0. The van der Waals surface area contributed by atoms with Crippen molar-refractivity contribution >= 4 is 43.6 Å². The van der Waals surface area contributed by atoms with Gasteiger partial charge in [0.1, 0.15) is 0 Å². The number of nitrogens with zero attached hydrogens (tertiary/aromatic N) is 5. The van der Waals surface area contributed by atoms with Gasteiger partial charge in [0, 0.05) is 32.8 Å². The van der Waals surface area contributed by atoms with Gasteiger partial charge in [0.05, 0.1) is 62.7 Å². The van der Waals surface area contributed by atoms with Gasteiger partial charge in [-0.1, -0.05) is 91.0 Å².